The average molecular weight is 507 g/mol. The molecule has 2 aromatic carbocycles. The maximum atomic E-state index is 14.3. The summed E-state index contributed by atoms with van der Waals surface area (Å²) in [6.07, 6.45) is 0.543. The van der Waals surface area contributed by atoms with Gasteiger partial charge in [-0.05, 0) is 76.5 Å². The maximum Gasteiger partial charge on any atom is 0.179 e. The third-order valence-electron chi connectivity index (χ3n) is 7.54. The van der Waals surface area contributed by atoms with E-state index < -0.39 is 31.4 Å². The number of aryl methyl sites for hydroxylation is 1. The molecular formula is C27H35FO4S2. The third kappa shape index (κ3) is 4.23. The molecule has 3 unspecified atom stereocenters. The van der Waals surface area contributed by atoms with Gasteiger partial charge in [-0.3, -0.25) is 0 Å². The Balaban J connectivity index is 2.00. The quantitative estimate of drug-likeness (QED) is 0.436. The summed E-state index contributed by atoms with van der Waals surface area (Å²) in [5, 5.41) is 0. The van der Waals surface area contributed by atoms with Crippen molar-refractivity contribution in [3.05, 3.63) is 58.4 Å². The Hall–Kier alpha value is -1.73. The van der Waals surface area contributed by atoms with Gasteiger partial charge in [-0.2, -0.15) is 0 Å². The smallest absolute Gasteiger partial charge is 0.179 e. The molecule has 0 saturated carbocycles. The first-order valence-corrected chi connectivity index (χ1v) is 15.1. The Bertz CT molecular complexity index is 1360. The molecule has 0 saturated heterocycles. The lowest BCUT2D eigenvalue weighted by Crippen LogP contribution is -2.36. The van der Waals surface area contributed by atoms with Crippen molar-refractivity contribution < 1.29 is 21.2 Å². The number of halogens is 1. The lowest BCUT2D eigenvalue weighted by Gasteiger charge is -2.43. The Morgan fingerprint density at radius 3 is 2.09 bits per heavy atom. The molecule has 4 nitrogen and oxygen atoms in total. The van der Waals surface area contributed by atoms with E-state index in [1.165, 1.54) is 18.2 Å². The number of benzene rings is 2. The van der Waals surface area contributed by atoms with Crippen molar-refractivity contribution in [1.29, 1.82) is 0 Å². The second-order valence-corrected chi connectivity index (χ2v) is 16.2. The summed E-state index contributed by atoms with van der Waals surface area (Å²) in [7, 11) is -7.03. The van der Waals surface area contributed by atoms with Gasteiger partial charge in [-0.1, -0.05) is 53.7 Å². The van der Waals surface area contributed by atoms with E-state index in [-0.39, 0.29) is 39.1 Å². The van der Waals surface area contributed by atoms with Gasteiger partial charge in [-0.15, -0.1) is 0 Å². The van der Waals surface area contributed by atoms with Crippen LogP contribution in [0.5, 0.6) is 0 Å². The summed E-state index contributed by atoms with van der Waals surface area (Å²) in [5.41, 5.74) is 2.30. The lowest BCUT2D eigenvalue weighted by atomic mass is 9.67. The zero-order valence-corrected chi connectivity index (χ0v) is 22.7. The number of sulfone groups is 2. The lowest BCUT2D eigenvalue weighted by molar-refractivity contribution is 0.278. The predicted octanol–water partition coefficient (Wildman–Crippen LogP) is 6.14. The van der Waals surface area contributed by atoms with E-state index in [9.17, 15) is 21.2 Å². The topological polar surface area (TPSA) is 68.3 Å². The normalized spacial score (nSPS) is 25.9. The van der Waals surface area contributed by atoms with Crippen LogP contribution in [0.1, 0.15) is 88.0 Å². The van der Waals surface area contributed by atoms with Crippen LogP contribution in [0.3, 0.4) is 0 Å². The SMILES string of the molecule is Cc1cc(C2CS(=O)(=O)c3ccc(F)cc3C2C(C)(C)C)cc2c1S(=O)(=O)CCC2C(C)(C)C. The minimum absolute atomic E-state index is 0.0442. The summed E-state index contributed by atoms with van der Waals surface area (Å²) < 4.78 is 67.1. The molecule has 186 valence electrons. The first kappa shape index (κ1) is 25.4. The highest BCUT2D eigenvalue weighted by molar-refractivity contribution is 7.91. The first-order chi connectivity index (χ1) is 15.4. The fourth-order valence-corrected chi connectivity index (χ4v) is 9.92. The van der Waals surface area contributed by atoms with Crippen molar-refractivity contribution >= 4 is 19.7 Å². The van der Waals surface area contributed by atoms with Crippen LogP contribution in [0.2, 0.25) is 0 Å². The summed E-state index contributed by atoms with van der Waals surface area (Å²) in [6.45, 7) is 14.3. The number of hydrogen-bond donors (Lipinski definition) is 0. The highest BCUT2D eigenvalue weighted by atomic mass is 32.2. The zero-order chi connectivity index (χ0) is 25.4. The van der Waals surface area contributed by atoms with Gasteiger partial charge >= 0.3 is 0 Å². The zero-order valence-electron chi connectivity index (χ0n) is 21.1. The fourth-order valence-electron chi connectivity index (χ4n) is 6.20. The van der Waals surface area contributed by atoms with Gasteiger partial charge in [-0.25, -0.2) is 21.2 Å². The summed E-state index contributed by atoms with van der Waals surface area (Å²) in [6, 6.07) is 7.75. The molecule has 2 aliphatic heterocycles. The van der Waals surface area contributed by atoms with Crippen molar-refractivity contribution in [2.75, 3.05) is 11.5 Å². The van der Waals surface area contributed by atoms with Gasteiger partial charge in [0.1, 0.15) is 5.82 Å². The van der Waals surface area contributed by atoms with Crippen LogP contribution in [0.15, 0.2) is 40.1 Å². The second kappa shape index (κ2) is 7.89. The average Bonchev–Trinajstić information content (AvgIpc) is 2.64. The van der Waals surface area contributed by atoms with Crippen molar-refractivity contribution in [3.63, 3.8) is 0 Å². The van der Waals surface area contributed by atoms with Crippen LogP contribution < -0.4 is 0 Å². The van der Waals surface area contributed by atoms with Crippen molar-refractivity contribution in [3.8, 4) is 0 Å². The molecule has 0 bridgehead atoms. The molecule has 34 heavy (non-hydrogen) atoms. The van der Waals surface area contributed by atoms with Crippen LogP contribution in [0.25, 0.3) is 0 Å². The molecule has 0 fully saturated rings. The largest absolute Gasteiger partial charge is 0.224 e. The van der Waals surface area contributed by atoms with Crippen LogP contribution >= 0.6 is 0 Å². The van der Waals surface area contributed by atoms with E-state index in [0.29, 0.717) is 22.4 Å². The number of rotatable bonds is 1. The highest BCUT2D eigenvalue weighted by Crippen LogP contribution is 2.53. The Morgan fingerprint density at radius 1 is 0.853 bits per heavy atom. The molecule has 0 aromatic heterocycles. The standard InChI is InChI=1S/C27H35FO4S2/c1-16-12-17(13-19-22(26(2,3)4)10-11-33(29,30)25(16)19)21-15-34(31,32)23-9-8-18(28)14-20(23)24(21)27(5,6)7/h8-9,12-14,21-22,24H,10-11,15H2,1-7H3. The maximum absolute atomic E-state index is 14.3. The Kier molecular flexibility index (Phi) is 5.88. The monoisotopic (exact) mass is 506 g/mol. The highest BCUT2D eigenvalue weighted by Gasteiger charge is 2.45. The van der Waals surface area contributed by atoms with Gasteiger partial charge in [0.15, 0.2) is 19.7 Å². The summed E-state index contributed by atoms with van der Waals surface area (Å²) >= 11 is 0. The van der Waals surface area contributed by atoms with Gasteiger partial charge < -0.3 is 0 Å². The van der Waals surface area contributed by atoms with E-state index >= 15 is 0 Å². The molecule has 0 amide bonds. The molecule has 4 rings (SSSR count). The molecule has 2 aliphatic rings. The molecule has 3 atom stereocenters. The van der Waals surface area contributed by atoms with Crippen LogP contribution in [-0.4, -0.2) is 28.3 Å². The molecule has 0 spiro atoms. The molecule has 7 heteroatoms. The van der Waals surface area contributed by atoms with E-state index in [0.717, 1.165) is 11.1 Å². The van der Waals surface area contributed by atoms with E-state index in [1.54, 1.807) is 0 Å². The second-order valence-electron chi connectivity index (χ2n) is 12.2. The Morgan fingerprint density at radius 2 is 1.50 bits per heavy atom. The van der Waals surface area contributed by atoms with Crippen molar-refractivity contribution in [2.24, 2.45) is 10.8 Å². The Labute approximate surface area is 203 Å². The minimum Gasteiger partial charge on any atom is -0.224 e. The van der Waals surface area contributed by atoms with E-state index in [2.05, 4.69) is 20.8 Å². The van der Waals surface area contributed by atoms with E-state index in [4.69, 9.17) is 0 Å². The minimum atomic E-state index is -3.63. The molecule has 0 radical (unpaired) electrons. The van der Waals surface area contributed by atoms with Crippen LogP contribution in [-0.2, 0) is 19.7 Å². The fraction of sp³-hybridized carbons (Fsp3) is 0.556. The van der Waals surface area contributed by atoms with Gasteiger partial charge in [0.2, 0.25) is 0 Å². The van der Waals surface area contributed by atoms with Gasteiger partial charge in [0.25, 0.3) is 0 Å². The van der Waals surface area contributed by atoms with Crippen LogP contribution in [0, 0.1) is 23.6 Å². The van der Waals surface area contributed by atoms with Gasteiger partial charge in [0.05, 0.1) is 21.3 Å². The molecule has 0 N–H and O–H groups in total. The van der Waals surface area contributed by atoms with Crippen molar-refractivity contribution in [2.45, 2.75) is 82.4 Å². The molecular weight excluding hydrogens is 471 g/mol. The number of hydrogen-bond acceptors (Lipinski definition) is 4. The number of fused-ring (bicyclic) bond motifs is 2. The third-order valence-corrected chi connectivity index (χ3v) is 11.3. The van der Waals surface area contributed by atoms with E-state index in [1.807, 2.05) is 39.8 Å². The molecule has 2 heterocycles. The summed E-state index contributed by atoms with van der Waals surface area (Å²) in [5.74, 6) is -1.02. The van der Waals surface area contributed by atoms with Crippen LogP contribution in [0.4, 0.5) is 4.39 Å². The van der Waals surface area contributed by atoms with Gasteiger partial charge in [0, 0.05) is 5.92 Å². The summed E-state index contributed by atoms with van der Waals surface area (Å²) in [4.78, 5) is 0.606. The first-order valence-electron chi connectivity index (χ1n) is 11.8. The molecule has 2 aromatic rings. The van der Waals surface area contributed by atoms with Crippen molar-refractivity contribution in [1.82, 2.24) is 0 Å². The molecule has 0 aliphatic carbocycles. The predicted molar refractivity (Wildman–Crippen MR) is 133 cm³/mol.